The maximum absolute atomic E-state index is 4.00. The Labute approximate surface area is 115 Å². The van der Waals surface area contributed by atoms with E-state index in [1.807, 2.05) is 12.4 Å². The molecule has 0 saturated carbocycles. The molecule has 0 aliphatic heterocycles. The van der Waals surface area contributed by atoms with Gasteiger partial charge in [0.25, 0.3) is 0 Å². The van der Waals surface area contributed by atoms with Crippen LogP contribution in [-0.2, 0) is 0 Å². The number of hydrogen-bond donors (Lipinski definition) is 2. The Morgan fingerprint density at radius 1 is 1.00 bits per heavy atom. The van der Waals surface area contributed by atoms with E-state index in [0.29, 0.717) is 6.04 Å². The summed E-state index contributed by atoms with van der Waals surface area (Å²) in [4.78, 5) is 0. The van der Waals surface area contributed by atoms with Crippen molar-refractivity contribution < 1.29 is 0 Å². The molecule has 0 bridgehead atoms. The van der Waals surface area contributed by atoms with Gasteiger partial charge < -0.3 is 5.32 Å². The average molecular weight is 257 g/mol. The minimum Gasteiger partial charge on any atom is -0.304 e. The zero-order valence-corrected chi connectivity index (χ0v) is 12.4. The molecule has 2 atom stereocenters. The van der Waals surface area contributed by atoms with Crippen LogP contribution in [0.2, 0.25) is 0 Å². The number of nitrogens with one attached hydrogen (secondary N) is 2. The Morgan fingerprint density at radius 2 is 1.68 bits per heavy atom. The number of aromatic amines is 1. The first-order chi connectivity index (χ1) is 8.99. The predicted molar refractivity (Wildman–Crippen MR) is 79.2 cm³/mol. The Bertz CT molecular complexity index is 543. The molecule has 2 N–H and O–H groups in total. The largest absolute Gasteiger partial charge is 0.304 e. The van der Waals surface area contributed by atoms with Gasteiger partial charge in [0.05, 0.1) is 6.20 Å². The minimum absolute atomic E-state index is 0.287. The number of rotatable bonds is 4. The van der Waals surface area contributed by atoms with Crippen molar-refractivity contribution in [2.45, 2.75) is 46.7 Å². The lowest BCUT2D eigenvalue weighted by atomic mass is 9.96. The van der Waals surface area contributed by atoms with Gasteiger partial charge in [-0.3, -0.25) is 5.10 Å². The van der Waals surface area contributed by atoms with Crippen molar-refractivity contribution in [3.63, 3.8) is 0 Å². The van der Waals surface area contributed by atoms with Gasteiger partial charge in [0, 0.05) is 23.8 Å². The van der Waals surface area contributed by atoms with Crippen LogP contribution < -0.4 is 5.32 Å². The number of benzene rings is 1. The lowest BCUT2D eigenvalue weighted by Gasteiger charge is -2.22. The van der Waals surface area contributed by atoms with Gasteiger partial charge in [-0.1, -0.05) is 12.1 Å². The molecule has 0 saturated heterocycles. The molecule has 0 radical (unpaired) electrons. The first kappa shape index (κ1) is 13.8. The van der Waals surface area contributed by atoms with Crippen molar-refractivity contribution in [2.24, 2.45) is 0 Å². The highest BCUT2D eigenvalue weighted by atomic mass is 15.1. The van der Waals surface area contributed by atoms with Crippen LogP contribution in [0.4, 0.5) is 0 Å². The van der Waals surface area contributed by atoms with Crippen LogP contribution in [0.25, 0.3) is 0 Å². The van der Waals surface area contributed by atoms with E-state index in [9.17, 15) is 0 Å². The van der Waals surface area contributed by atoms with Crippen LogP contribution in [-0.4, -0.2) is 10.2 Å². The second kappa shape index (κ2) is 5.57. The van der Waals surface area contributed by atoms with Gasteiger partial charge in [0.2, 0.25) is 0 Å². The molecule has 19 heavy (non-hydrogen) atoms. The molecule has 1 aromatic carbocycles. The monoisotopic (exact) mass is 257 g/mol. The quantitative estimate of drug-likeness (QED) is 0.876. The van der Waals surface area contributed by atoms with Gasteiger partial charge in [-0.2, -0.15) is 5.10 Å². The molecular formula is C16H23N3. The van der Waals surface area contributed by atoms with Gasteiger partial charge in [0.1, 0.15) is 0 Å². The summed E-state index contributed by atoms with van der Waals surface area (Å²) < 4.78 is 0. The third kappa shape index (κ3) is 3.04. The van der Waals surface area contributed by atoms with E-state index in [-0.39, 0.29) is 6.04 Å². The molecular weight excluding hydrogens is 234 g/mol. The van der Waals surface area contributed by atoms with Gasteiger partial charge in [0.15, 0.2) is 0 Å². The van der Waals surface area contributed by atoms with Crippen LogP contribution in [0, 0.1) is 20.8 Å². The molecule has 2 rings (SSSR count). The Kier molecular flexibility index (Phi) is 4.05. The Morgan fingerprint density at radius 3 is 2.32 bits per heavy atom. The maximum Gasteiger partial charge on any atom is 0.0534 e. The van der Waals surface area contributed by atoms with Gasteiger partial charge in [-0.25, -0.2) is 0 Å². The normalized spacial score (nSPS) is 14.4. The molecule has 0 spiro atoms. The predicted octanol–water partition coefficient (Wildman–Crippen LogP) is 3.75. The summed E-state index contributed by atoms with van der Waals surface area (Å²) in [5.74, 6) is 0. The van der Waals surface area contributed by atoms with Crippen molar-refractivity contribution in [3.05, 3.63) is 52.3 Å². The van der Waals surface area contributed by atoms with Gasteiger partial charge in [-0.15, -0.1) is 0 Å². The van der Waals surface area contributed by atoms with Crippen molar-refractivity contribution >= 4 is 0 Å². The fourth-order valence-corrected chi connectivity index (χ4v) is 2.51. The zero-order chi connectivity index (χ0) is 14.0. The topological polar surface area (TPSA) is 40.7 Å². The SMILES string of the molecule is Cc1cc(C)c(C(C)NC(C)c2cn[nH]c2)cc1C. The third-order valence-electron chi connectivity index (χ3n) is 3.87. The number of nitrogens with zero attached hydrogens (tertiary/aromatic N) is 1. The van der Waals surface area contributed by atoms with E-state index in [2.05, 4.69) is 62.3 Å². The second-order valence-electron chi connectivity index (χ2n) is 5.43. The summed E-state index contributed by atoms with van der Waals surface area (Å²) in [5.41, 5.74) is 6.62. The smallest absolute Gasteiger partial charge is 0.0534 e. The van der Waals surface area contributed by atoms with E-state index in [1.54, 1.807) is 0 Å². The molecule has 0 fully saturated rings. The molecule has 0 aliphatic carbocycles. The molecule has 3 nitrogen and oxygen atoms in total. The van der Waals surface area contributed by atoms with E-state index in [4.69, 9.17) is 0 Å². The highest BCUT2D eigenvalue weighted by Crippen LogP contribution is 2.24. The molecule has 2 unspecified atom stereocenters. The summed E-state index contributed by atoms with van der Waals surface area (Å²) in [7, 11) is 0. The maximum atomic E-state index is 4.00. The highest BCUT2D eigenvalue weighted by molar-refractivity contribution is 5.38. The number of aromatic nitrogens is 2. The van der Waals surface area contributed by atoms with Crippen molar-refractivity contribution in [1.82, 2.24) is 15.5 Å². The molecule has 1 heterocycles. The van der Waals surface area contributed by atoms with E-state index >= 15 is 0 Å². The molecule has 0 aliphatic rings. The average Bonchev–Trinajstić information content (AvgIpc) is 2.87. The van der Waals surface area contributed by atoms with Gasteiger partial charge >= 0.3 is 0 Å². The second-order valence-corrected chi connectivity index (χ2v) is 5.43. The molecule has 0 amide bonds. The summed E-state index contributed by atoms with van der Waals surface area (Å²) in [6, 6.07) is 5.18. The number of aryl methyl sites for hydroxylation is 3. The van der Waals surface area contributed by atoms with Crippen LogP contribution in [0.1, 0.15) is 53.7 Å². The first-order valence-corrected chi connectivity index (χ1v) is 6.81. The van der Waals surface area contributed by atoms with Crippen molar-refractivity contribution in [2.75, 3.05) is 0 Å². The zero-order valence-electron chi connectivity index (χ0n) is 12.4. The molecule has 1 aromatic heterocycles. The van der Waals surface area contributed by atoms with Crippen molar-refractivity contribution in [3.8, 4) is 0 Å². The third-order valence-corrected chi connectivity index (χ3v) is 3.87. The van der Waals surface area contributed by atoms with Crippen molar-refractivity contribution in [1.29, 1.82) is 0 Å². The fraction of sp³-hybridized carbons (Fsp3) is 0.438. The summed E-state index contributed by atoms with van der Waals surface area (Å²) in [6.45, 7) is 10.9. The number of H-pyrrole nitrogens is 1. The Hall–Kier alpha value is -1.61. The highest BCUT2D eigenvalue weighted by Gasteiger charge is 2.14. The van der Waals surface area contributed by atoms with E-state index in [1.165, 1.54) is 27.8 Å². The van der Waals surface area contributed by atoms with Gasteiger partial charge in [-0.05, 0) is 56.9 Å². The molecule has 102 valence electrons. The standard InChI is InChI=1S/C16H23N3/c1-10-6-12(3)16(7-11(10)2)14(5)19-13(4)15-8-17-18-9-15/h6-9,13-14,19H,1-5H3,(H,17,18). The fourth-order valence-electron chi connectivity index (χ4n) is 2.51. The van der Waals surface area contributed by atoms with E-state index in [0.717, 1.165) is 0 Å². The van der Waals surface area contributed by atoms with Crippen LogP contribution in [0.15, 0.2) is 24.5 Å². The lowest BCUT2D eigenvalue weighted by molar-refractivity contribution is 0.493. The lowest BCUT2D eigenvalue weighted by Crippen LogP contribution is -2.23. The van der Waals surface area contributed by atoms with Crippen LogP contribution in [0.5, 0.6) is 0 Å². The molecule has 2 aromatic rings. The van der Waals surface area contributed by atoms with Crippen LogP contribution in [0.3, 0.4) is 0 Å². The summed E-state index contributed by atoms with van der Waals surface area (Å²) in [6.07, 6.45) is 3.81. The van der Waals surface area contributed by atoms with E-state index < -0.39 is 0 Å². The summed E-state index contributed by atoms with van der Waals surface area (Å²) >= 11 is 0. The van der Waals surface area contributed by atoms with Crippen LogP contribution >= 0.6 is 0 Å². The Balaban J connectivity index is 2.16. The number of hydrogen-bond acceptors (Lipinski definition) is 2. The minimum atomic E-state index is 0.287. The summed E-state index contributed by atoms with van der Waals surface area (Å²) in [5, 5.41) is 10.5. The molecule has 3 heteroatoms. The first-order valence-electron chi connectivity index (χ1n) is 6.81.